The molecule has 0 saturated heterocycles. The zero-order valence-corrected chi connectivity index (χ0v) is 11.0. The van der Waals surface area contributed by atoms with E-state index in [9.17, 15) is 9.90 Å². The lowest BCUT2D eigenvalue weighted by Crippen LogP contribution is -2.30. The van der Waals surface area contributed by atoms with E-state index < -0.39 is 5.97 Å². The minimum atomic E-state index is -0.498. The molecule has 19 heavy (non-hydrogen) atoms. The number of nitrogens with zero attached hydrogens (tertiary/aromatic N) is 2. The van der Waals surface area contributed by atoms with Gasteiger partial charge in [-0.05, 0) is 25.0 Å². The van der Waals surface area contributed by atoms with Gasteiger partial charge in [0.1, 0.15) is 5.82 Å². The van der Waals surface area contributed by atoms with E-state index in [1.807, 2.05) is 0 Å². The molecule has 6 heteroatoms. The number of carbonyl (C=O) groups excluding carboxylic acids is 1. The molecule has 104 valence electrons. The summed E-state index contributed by atoms with van der Waals surface area (Å²) in [6, 6.07) is 3.26. The zero-order chi connectivity index (χ0) is 13.7. The van der Waals surface area contributed by atoms with Crippen molar-refractivity contribution in [3.63, 3.8) is 0 Å². The fourth-order valence-electron chi connectivity index (χ4n) is 2.30. The Labute approximate surface area is 112 Å². The maximum absolute atomic E-state index is 11.2. The molecule has 1 aromatic heterocycles. The van der Waals surface area contributed by atoms with Crippen LogP contribution in [-0.4, -0.2) is 41.0 Å². The van der Waals surface area contributed by atoms with Crippen LogP contribution in [0, 0.1) is 5.92 Å². The van der Waals surface area contributed by atoms with Crippen LogP contribution in [0.3, 0.4) is 0 Å². The van der Waals surface area contributed by atoms with Gasteiger partial charge in [0.15, 0.2) is 5.69 Å². The monoisotopic (exact) mass is 265 g/mol. The van der Waals surface area contributed by atoms with E-state index in [1.165, 1.54) is 7.11 Å². The van der Waals surface area contributed by atoms with E-state index in [0.717, 1.165) is 25.7 Å². The first-order valence-electron chi connectivity index (χ1n) is 6.54. The van der Waals surface area contributed by atoms with Crippen molar-refractivity contribution >= 4 is 11.8 Å². The highest BCUT2D eigenvalue weighted by atomic mass is 16.5. The van der Waals surface area contributed by atoms with Crippen molar-refractivity contribution in [2.75, 3.05) is 19.0 Å². The number of aliphatic hydroxyl groups is 1. The SMILES string of the molecule is COC(=O)c1ccc(NCC2CCCCC2O)nn1. The Balaban J connectivity index is 1.87. The molecular weight excluding hydrogens is 246 g/mol. The van der Waals surface area contributed by atoms with Crippen molar-refractivity contribution in [3.8, 4) is 0 Å². The standard InChI is InChI=1S/C13H19N3O3/c1-19-13(18)10-6-7-12(16-15-10)14-8-9-4-2-3-5-11(9)17/h6-7,9,11,17H,2-5,8H2,1H3,(H,14,16). The lowest BCUT2D eigenvalue weighted by Gasteiger charge is -2.27. The fraction of sp³-hybridized carbons (Fsp3) is 0.615. The molecule has 1 saturated carbocycles. The van der Waals surface area contributed by atoms with Crippen molar-refractivity contribution in [2.24, 2.45) is 5.92 Å². The van der Waals surface area contributed by atoms with Crippen LogP contribution in [0.5, 0.6) is 0 Å². The van der Waals surface area contributed by atoms with Gasteiger partial charge in [0.2, 0.25) is 0 Å². The number of hydrogen-bond acceptors (Lipinski definition) is 6. The molecule has 0 aliphatic heterocycles. The molecule has 0 spiro atoms. The van der Waals surface area contributed by atoms with Crippen LogP contribution in [0.1, 0.15) is 36.2 Å². The lowest BCUT2D eigenvalue weighted by atomic mass is 9.86. The van der Waals surface area contributed by atoms with Gasteiger partial charge in [0.05, 0.1) is 13.2 Å². The molecular formula is C13H19N3O3. The highest BCUT2D eigenvalue weighted by Crippen LogP contribution is 2.24. The van der Waals surface area contributed by atoms with E-state index in [0.29, 0.717) is 12.4 Å². The molecule has 2 N–H and O–H groups in total. The second kappa shape index (κ2) is 6.47. The number of hydrogen-bond donors (Lipinski definition) is 2. The summed E-state index contributed by atoms with van der Waals surface area (Å²) in [4.78, 5) is 11.2. The normalized spacial score (nSPS) is 22.8. The van der Waals surface area contributed by atoms with E-state index >= 15 is 0 Å². The molecule has 0 radical (unpaired) electrons. The van der Waals surface area contributed by atoms with Crippen LogP contribution < -0.4 is 5.32 Å². The van der Waals surface area contributed by atoms with Gasteiger partial charge >= 0.3 is 5.97 Å². The van der Waals surface area contributed by atoms with E-state index in [1.54, 1.807) is 12.1 Å². The first kappa shape index (κ1) is 13.7. The van der Waals surface area contributed by atoms with Crippen molar-refractivity contribution in [3.05, 3.63) is 17.8 Å². The van der Waals surface area contributed by atoms with Gasteiger partial charge < -0.3 is 15.2 Å². The van der Waals surface area contributed by atoms with Gasteiger partial charge in [0.25, 0.3) is 0 Å². The van der Waals surface area contributed by atoms with Crippen LogP contribution in [0.15, 0.2) is 12.1 Å². The minimum Gasteiger partial charge on any atom is -0.464 e. The van der Waals surface area contributed by atoms with E-state index in [2.05, 4.69) is 20.3 Å². The number of ether oxygens (including phenoxy) is 1. The summed E-state index contributed by atoms with van der Waals surface area (Å²) in [7, 11) is 1.31. The number of rotatable bonds is 4. The average Bonchev–Trinajstić information content (AvgIpc) is 2.46. The molecule has 2 atom stereocenters. The summed E-state index contributed by atoms with van der Waals surface area (Å²) >= 11 is 0. The predicted molar refractivity (Wildman–Crippen MR) is 69.8 cm³/mol. The molecule has 2 unspecified atom stereocenters. The number of aromatic nitrogens is 2. The number of nitrogens with one attached hydrogen (secondary N) is 1. The third kappa shape index (κ3) is 3.64. The molecule has 1 heterocycles. The Hall–Kier alpha value is -1.69. The summed E-state index contributed by atoms with van der Waals surface area (Å²) in [6.07, 6.45) is 3.94. The minimum absolute atomic E-state index is 0.186. The molecule has 1 aliphatic rings. The van der Waals surface area contributed by atoms with Crippen molar-refractivity contribution in [1.29, 1.82) is 0 Å². The topological polar surface area (TPSA) is 84.3 Å². The van der Waals surface area contributed by atoms with Crippen LogP contribution >= 0.6 is 0 Å². The molecule has 1 fully saturated rings. The second-order valence-corrected chi connectivity index (χ2v) is 4.79. The van der Waals surface area contributed by atoms with Crippen molar-refractivity contribution in [2.45, 2.75) is 31.8 Å². The molecule has 1 aliphatic carbocycles. The number of aliphatic hydroxyl groups excluding tert-OH is 1. The lowest BCUT2D eigenvalue weighted by molar-refractivity contribution is 0.0592. The van der Waals surface area contributed by atoms with E-state index in [4.69, 9.17) is 0 Å². The van der Waals surface area contributed by atoms with Crippen LogP contribution in [0.25, 0.3) is 0 Å². The molecule has 0 amide bonds. The fourth-order valence-corrected chi connectivity index (χ4v) is 2.30. The average molecular weight is 265 g/mol. The number of carbonyl (C=O) groups is 1. The Morgan fingerprint density at radius 2 is 2.21 bits per heavy atom. The molecule has 1 aromatic rings. The number of methoxy groups -OCH3 is 1. The van der Waals surface area contributed by atoms with E-state index in [-0.39, 0.29) is 17.7 Å². The van der Waals surface area contributed by atoms with Crippen molar-refractivity contribution < 1.29 is 14.6 Å². The van der Waals surface area contributed by atoms with Gasteiger partial charge in [-0.15, -0.1) is 10.2 Å². The number of esters is 1. The number of anilines is 1. The highest BCUT2D eigenvalue weighted by molar-refractivity contribution is 5.86. The first-order valence-corrected chi connectivity index (χ1v) is 6.54. The highest BCUT2D eigenvalue weighted by Gasteiger charge is 2.22. The third-order valence-corrected chi connectivity index (χ3v) is 3.47. The van der Waals surface area contributed by atoms with Gasteiger partial charge in [-0.1, -0.05) is 12.8 Å². The van der Waals surface area contributed by atoms with Gasteiger partial charge in [-0.25, -0.2) is 4.79 Å². The van der Waals surface area contributed by atoms with Gasteiger partial charge in [0, 0.05) is 12.5 Å². The Morgan fingerprint density at radius 1 is 1.42 bits per heavy atom. The third-order valence-electron chi connectivity index (χ3n) is 3.47. The van der Waals surface area contributed by atoms with Crippen LogP contribution in [-0.2, 0) is 4.74 Å². The largest absolute Gasteiger partial charge is 0.464 e. The summed E-state index contributed by atoms with van der Waals surface area (Å²) < 4.78 is 4.55. The summed E-state index contributed by atoms with van der Waals surface area (Å²) in [6.45, 7) is 0.674. The van der Waals surface area contributed by atoms with Crippen LogP contribution in [0.2, 0.25) is 0 Å². The molecule has 0 aromatic carbocycles. The quantitative estimate of drug-likeness (QED) is 0.796. The summed E-state index contributed by atoms with van der Waals surface area (Å²) in [5.74, 6) is 0.364. The maximum Gasteiger partial charge on any atom is 0.358 e. The Kier molecular flexibility index (Phi) is 4.68. The molecule has 6 nitrogen and oxygen atoms in total. The van der Waals surface area contributed by atoms with Gasteiger partial charge in [-0.3, -0.25) is 0 Å². The first-order chi connectivity index (χ1) is 9.20. The smallest absolute Gasteiger partial charge is 0.358 e. The van der Waals surface area contributed by atoms with Gasteiger partial charge in [-0.2, -0.15) is 0 Å². The molecule has 0 bridgehead atoms. The zero-order valence-electron chi connectivity index (χ0n) is 11.0. The Morgan fingerprint density at radius 3 is 2.84 bits per heavy atom. The Bertz CT molecular complexity index is 422. The maximum atomic E-state index is 11.2. The van der Waals surface area contributed by atoms with Crippen LogP contribution in [0.4, 0.5) is 5.82 Å². The predicted octanol–water partition coefficient (Wildman–Crippen LogP) is 1.23. The van der Waals surface area contributed by atoms with Crippen molar-refractivity contribution in [1.82, 2.24) is 10.2 Å². The summed E-state index contributed by atoms with van der Waals surface area (Å²) in [5.41, 5.74) is 0.186. The second-order valence-electron chi connectivity index (χ2n) is 4.79. The summed E-state index contributed by atoms with van der Waals surface area (Å²) in [5, 5.41) is 20.7. The molecule has 2 rings (SSSR count).